The fourth-order valence-corrected chi connectivity index (χ4v) is 1.64. The zero-order chi connectivity index (χ0) is 9.59. The quantitative estimate of drug-likeness (QED) is 0.664. The topological polar surface area (TPSA) is 29.5 Å². The summed E-state index contributed by atoms with van der Waals surface area (Å²) in [5, 5.41) is 9.66. The van der Waals surface area contributed by atoms with Gasteiger partial charge in [-0.3, -0.25) is 0 Å². The Labute approximate surface area is 76.0 Å². The third kappa shape index (κ3) is 1.11. The molecular formula is C10H11FO2. The number of ether oxygens (including phenoxy) is 1. The van der Waals surface area contributed by atoms with E-state index in [1.807, 2.05) is 6.92 Å². The molecule has 1 heterocycles. The molecule has 2 unspecified atom stereocenters. The molecule has 2 atom stereocenters. The Bertz CT molecular complexity index is 349. The zero-order valence-electron chi connectivity index (χ0n) is 7.54. The van der Waals surface area contributed by atoms with Crippen molar-refractivity contribution < 1.29 is 14.2 Å². The number of aliphatic hydroxyl groups excluding tert-OH is 1. The molecule has 1 aliphatic rings. The van der Waals surface area contributed by atoms with Crippen molar-refractivity contribution in [3.05, 3.63) is 29.1 Å². The van der Waals surface area contributed by atoms with Crippen LogP contribution in [0.25, 0.3) is 0 Å². The van der Waals surface area contributed by atoms with Crippen LogP contribution in [-0.2, 0) is 0 Å². The molecule has 0 bridgehead atoms. The van der Waals surface area contributed by atoms with Gasteiger partial charge in [0, 0.05) is 5.56 Å². The second-order valence-electron chi connectivity index (χ2n) is 3.37. The standard InChI is InChI=1S/C10H11FO2/c1-5-3-4-7(11)10-8(5)9(12)6(2)13-10/h3-4,6,9,12H,1-2H3. The number of aryl methyl sites for hydroxylation is 1. The molecular weight excluding hydrogens is 171 g/mol. The lowest BCUT2D eigenvalue weighted by Crippen LogP contribution is -2.13. The van der Waals surface area contributed by atoms with Crippen LogP contribution in [0.15, 0.2) is 12.1 Å². The smallest absolute Gasteiger partial charge is 0.165 e. The summed E-state index contributed by atoms with van der Waals surface area (Å²) in [6, 6.07) is 3.01. The van der Waals surface area contributed by atoms with Crippen molar-refractivity contribution in [2.75, 3.05) is 0 Å². The highest BCUT2D eigenvalue weighted by Crippen LogP contribution is 2.40. The summed E-state index contributed by atoms with van der Waals surface area (Å²) in [4.78, 5) is 0. The maximum atomic E-state index is 13.2. The van der Waals surface area contributed by atoms with Gasteiger partial charge in [-0.25, -0.2) is 4.39 Å². The Morgan fingerprint density at radius 2 is 2.15 bits per heavy atom. The molecule has 2 nitrogen and oxygen atoms in total. The van der Waals surface area contributed by atoms with E-state index >= 15 is 0 Å². The summed E-state index contributed by atoms with van der Waals surface area (Å²) in [7, 11) is 0. The van der Waals surface area contributed by atoms with E-state index < -0.39 is 11.9 Å². The molecule has 0 amide bonds. The van der Waals surface area contributed by atoms with Crippen LogP contribution in [0.4, 0.5) is 4.39 Å². The minimum absolute atomic E-state index is 0.208. The SMILES string of the molecule is Cc1ccc(F)c2c1C(O)C(C)O2. The molecule has 2 rings (SSSR count). The highest BCUT2D eigenvalue weighted by atomic mass is 19.1. The molecule has 0 radical (unpaired) electrons. The van der Waals surface area contributed by atoms with Gasteiger partial charge in [-0.05, 0) is 25.5 Å². The number of aliphatic hydroxyl groups is 1. The van der Waals surface area contributed by atoms with E-state index in [4.69, 9.17) is 4.74 Å². The lowest BCUT2D eigenvalue weighted by molar-refractivity contribution is 0.0780. The van der Waals surface area contributed by atoms with Gasteiger partial charge in [-0.1, -0.05) is 6.07 Å². The van der Waals surface area contributed by atoms with E-state index in [1.54, 1.807) is 13.0 Å². The molecule has 0 spiro atoms. The summed E-state index contributed by atoms with van der Waals surface area (Å²) >= 11 is 0. The average molecular weight is 182 g/mol. The van der Waals surface area contributed by atoms with Crippen LogP contribution in [0.3, 0.4) is 0 Å². The van der Waals surface area contributed by atoms with Gasteiger partial charge in [-0.2, -0.15) is 0 Å². The maximum Gasteiger partial charge on any atom is 0.165 e. The van der Waals surface area contributed by atoms with Gasteiger partial charge in [0.25, 0.3) is 0 Å². The van der Waals surface area contributed by atoms with Crippen molar-refractivity contribution in [1.82, 2.24) is 0 Å². The van der Waals surface area contributed by atoms with Gasteiger partial charge in [0.2, 0.25) is 0 Å². The van der Waals surface area contributed by atoms with E-state index in [9.17, 15) is 9.50 Å². The van der Waals surface area contributed by atoms with Gasteiger partial charge in [-0.15, -0.1) is 0 Å². The van der Waals surface area contributed by atoms with E-state index in [1.165, 1.54) is 6.07 Å². The molecule has 0 aliphatic carbocycles. The second-order valence-corrected chi connectivity index (χ2v) is 3.37. The van der Waals surface area contributed by atoms with Crippen LogP contribution >= 0.6 is 0 Å². The fraction of sp³-hybridized carbons (Fsp3) is 0.400. The molecule has 1 aromatic carbocycles. The molecule has 0 saturated heterocycles. The Morgan fingerprint density at radius 1 is 1.46 bits per heavy atom. The van der Waals surface area contributed by atoms with Crippen molar-refractivity contribution in [3.8, 4) is 5.75 Å². The first-order valence-corrected chi connectivity index (χ1v) is 4.25. The maximum absolute atomic E-state index is 13.2. The lowest BCUT2D eigenvalue weighted by atomic mass is 10.0. The molecule has 3 heteroatoms. The Morgan fingerprint density at radius 3 is 2.77 bits per heavy atom. The minimum Gasteiger partial charge on any atom is -0.484 e. The third-order valence-electron chi connectivity index (χ3n) is 2.41. The first-order valence-electron chi connectivity index (χ1n) is 4.25. The number of hydrogen-bond donors (Lipinski definition) is 1. The second kappa shape index (κ2) is 2.70. The van der Waals surface area contributed by atoms with Gasteiger partial charge in [0.15, 0.2) is 11.6 Å². The van der Waals surface area contributed by atoms with Gasteiger partial charge < -0.3 is 9.84 Å². The van der Waals surface area contributed by atoms with Crippen LogP contribution < -0.4 is 4.74 Å². The minimum atomic E-state index is -0.703. The predicted octanol–water partition coefficient (Wildman–Crippen LogP) is 1.95. The monoisotopic (exact) mass is 182 g/mol. The number of rotatable bonds is 0. The van der Waals surface area contributed by atoms with E-state index in [0.29, 0.717) is 5.56 Å². The summed E-state index contributed by atoms with van der Waals surface area (Å²) in [5.41, 5.74) is 1.46. The van der Waals surface area contributed by atoms with Crippen LogP contribution in [0.2, 0.25) is 0 Å². The summed E-state index contributed by atoms with van der Waals surface area (Å²) in [6.07, 6.45) is -1.06. The van der Waals surface area contributed by atoms with E-state index in [-0.39, 0.29) is 11.9 Å². The molecule has 13 heavy (non-hydrogen) atoms. The van der Waals surface area contributed by atoms with Gasteiger partial charge in [0.05, 0.1) is 0 Å². The van der Waals surface area contributed by atoms with Crippen molar-refractivity contribution in [2.45, 2.75) is 26.1 Å². The average Bonchev–Trinajstić information content (AvgIpc) is 2.38. The van der Waals surface area contributed by atoms with Crippen LogP contribution in [-0.4, -0.2) is 11.2 Å². The molecule has 0 saturated carbocycles. The summed E-state index contributed by atoms with van der Waals surface area (Å²) < 4.78 is 18.4. The normalized spacial score (nSPS) is 25.5. The molecule has 1 aliphatic heterocycles. The lowest BCUT2D eigenvalue weighted by Gasteiger charge is -2.07. The van der Waals surface area contributed by atoms with E-state index in [0.717, 1.165) is 5.56 Å². The number of fused-ring (bicyclic) bond motifs is 1. The van der Waals surface area contributed by atoms with Crippen molar-refractivity contribution in [3.63, 3.8) is 0 Å². The third-order valence-corrected chi connectivity index (χ3v) is 2.41. The van der Waals surface area contributed by atoms with Crippen LogP contribution in [0.5, 0.6) is 5.75 Å². The predicted molar refractivity (Wildman–Crippen MR) is 46.2 cm³/mol. The fourth-order valence-electron chi connectivity index (χ4n) is 1.64. The largest absolute Gasteiger partial charge is 0.484 e. The number of hydrogen-bond acceptors (Lipinski definition) is 2. The molecule has 1 aromatic rings. The Balaban J connectivity index is 2.61. The van der Waals surface area contributed by atoms with Gasteiger partial charge in [0.1, 0.15) is 12.2 Å². The highest BCUT2D eigenvalue weighted by Gasteiger charge is 2.32. The Kier molecular flexibility index (Phi) is 1.77. The van der Waals surface area contributed by atoms with Crippen LogP contribution in [0.1, 0.15) is 24.2 Å². The Hall–Kier alpha value is -1.09. The summed E-state index contributed by atoms with van der Waals surface area (Å²) in [5.74, 6) is -0.191. The zero-order valence-corrected chi connectivity index (χ0v) is 7.54. The molecule has 0 fully saturated rings. The first kappa shape index (κ1) is 8.51. The van der Waals surface area contributed by atoms with Crippen molar-refractivity contribution in [2.24, 2.45) is 0 Å². The van der Waals surface area contributed by atoms with Crippen molar-refractivity contribution >= 4 is 0 Å². The molecule has 1 N–H and O–H groups in total. The number of halogens is 1. The van der Waals surface area contributed by atoms with Crippen LogP contribution in [0, 0.1) is 12.7 Å². The number of benzene rings is 1. The van der Waals surface area contributed by atoms with Gasteiger partial charge >= 0.3 is 0 Å². The highest BCUT2D eigenvalue weighted by molar-refractivity contribution is 5.45. The van der Waals surface area contributed by atoms with Crippen molar-refractivity contribution in [1.29, 1.82) is 0 Å². The first-order chi connectivity index (χ1) is 6.11. The molecule has 70 valence electrons. The van der Waals surface area contributed by atoms with E-state index in [2.05, 4.69) is 0 Å². The summed E-state index contributed by atoms with van der Waals surface area (Å²) in [6.45, 7) is 3.56. The molecule has 0 aromatic heterocycles.